The number of ether oxygens (including phenoxy) is 2. The van der Waals surface area contributed by atoms with E-state index in [4.69, 9.17) is 15.2 Å². The number of hydrogen-bond donors (Lipinski definition) is 1. The van der Waals surface area contributed by atoms with Crippen molar-refractivity contribution in [3.8, 4) is 0 Å². The Morgan fingerprint density at radius 1 is 1.30 bits per heavy atom. The summed E-state index contributed by atoms with van der Waals surface area (Å²) in [5.74, 6) is 0.267. The molecule has 2 atom stereocenters. The molecular formula is C17H23BrN2O3. The van der Waals surface area contributed by atoms with Gasteiger partial charge in [-0.25, -0.2) is 0 Å². The van der Waals surface area contributed by atoms with Crippen LogP contribution >= 0.6 is 15.9 Å². The molecule has 2 heterocycles. The van der Waals surface area contributed by atoms with Gasteiger partial charge in [0.25, 0.3) is 0 Å². The largest absolute Gasteiger partial charge is 0.381 e. The van der Waals surface area contributed by atoms with Crippen molar-refractivity contribution in [2.75, 3.05) is 32.9 Å². The molecule has 0 bridgehead atoms. The fourth-order valence-electron chi connectivity index (χ4n) is 3.25. The fraction of sp³-hybridized carbons (Fsp3) is 0.588. The van der Waals surface area contributed by atoms with Crippen LogP contribution < -0.4 is 5.73 Å². The number of amides is 1. The number of halogens is 1. The van der Waals surface area contributed by atoms with Crippen LogP contribution in [0.2, 0.25) is 0 Å². The number of rotatable bonds is 3. The van der Waals surface area contributed by atoms with Crippen LogP contribution in [-0.4, -0.2) is 49.8 Å². The topological polar surface area (TPSA) is 64.8 Å². The predicted molar refractivity (Wildman–Crippen MR) is 90.9 cm³/mol. The summed E-state index contributed by atoms with van der Waals surface area (Å²) in [4.78, 5) is 14.6. The van der Waals surface area contributed by atoms with Gasteiger partial charge in [0.1, 0.15) is 6.10 Å². The van der Waals surface area contributed by atoms with Crippen molar-refractivity contribution in [2.24, 2.45) is 11.7 Å². The maximum absolute atomic E-state index is 12.7. The summed E-state index contributed by atoms with van der Waals surface area (Å²) < 4.78 is 12.2. The molecule has 2 unspecified atom stereocenters. The summed E-state index contributed by atoms with van der Waals surface area (Å²) in [7, 11) is 0. The lowest BCUT2D eigenvalue weighted by atomic mass is 9.91. The molecular weight excluding hydrogens is 360 g/mol. The molecule has 126 valence electrons. The zero-order chi connectivity index (χ0) is 16.2. The minimum Gasteiger partial charge on any atom is -0.381 e. The van der Waals surface area contributed by atoms with E-state index in [1.165, 1.54) is 0 Å². The standard InChI is InChI=1S/C17H23BrN2O3/c18-14-3-1-2-13(10-14)15-11-20(6-9-23-15)17(21)16(19)12-4-7-22-8-5-12/h1-3,10,12,15-16H,4-9,11,19H2. The third-order valence-electron chi connectivity index (χ3n) is 4.66. The number of nitrogens with zero attached hydrogens (tertiary/aromatic N) is 1. The van der Waals surface area contributed by atoms with Crippen LogP contribution in [0, 0.1) is 5.92 Å². The zero-order valence-corrected chi connectivity index (χ0v) is 14.7. The normalized spacial score (nSPS) is 24.4. The average Bonchev–Trinajstić information content (AvgIpc) is 2.61. The van der Waals surface area contributed by atoms with Gasteiger partial charge < -0.3 is 20.1 Å². The predicted octanol–water partition coefficient (Wildman–Crippen LogP) is 2.10. The first-order chi connectivity index (χ1) is 11.1. The molecule has 0 aromatic heterocycles. The van der Waals surface area contributed by atoms with Crippen LogP contribution in [0.15, 0.2) is 28.7 Å². The van der Waals surface area contributed by atoms with Crippen molar-refractivity contribution in [1.82, 2.24) is 4.90 Å². The van der Waals surface area contributed by atoms with Gasteiger partial charge in [0.15, 0.2) is 0 Å². The van der Waals surface area contributed by atoms with Crippen LogP contribution in [-0.2, 0) is 14.3 Å². The first-order valence-corrected chi connectivity index (χ1v) is 8.93. The van der Waals surface area contributed by atoms with Gasteiger partial charge in [0.05, 0.1) is 19.2 Å². The number of benzene rings is 1. The molecule has 5 nitrogen and oxygen atoms in total. The number of carbonyl (C=O) groups excluding carboxylic acids is 1. The van der Waals surface area contributed by atoms with Gasteiger partial charge in [-0.05, 0) is 36.5 Å². The number of hydrogen-bond acceptors (Lipinski definition) is 4. The smallest absolute Gasteiger partial charge is 0.239 e. The Hall–Kier alpha value is -0.950. The van der Waals surface area contributed by atoms with Crippen LogP contribution in [0.25, 0.3) is 0 Å². The highest BCUT2D eigenvalue weighted by Crippen LogP contribution is 2.26. The van der Waals surface area contributed by atoms with Gasteiger partial charge in [0, 0.05) is 24.2 Å². The highest BCUT2D eigenvalue weighted by atomic mass is 79.9. The van der Waals surface area contributed by atoms with Gasteiger partial charge in [-0.15, -0.1) is 0 Å². The molecule has 23 heavy (non-hydrogen) atoms. The number of morpholine rings is 1. The molecule has 1 aromatic rings. The Labute approximate surface area is 145 Å². The maximum atomic E-state index is 12.7. The Bertz CT molecular complexity index is 548. The molecule has 2 saturated heterocycles. The van der Waals surface area contributed by atoms with E-state index in [1.807, 2.05) is 29.2 Å². The summed E-state index contributed by atoms with van der Waals surface area (Å²) in [6, 6.07) is 7.60. The van der Waals surface area contributed by atoms with E-state index in [-0.39, 0.29) is 17.9 Å². The summed E-state index contributed by atoms with van der Waals surface area (Å²) in [6.07, 6.45) is 1.64. The van der Waals surface area contributed by atoms with Gasteiger partial charge in [-0.1, -0.05) is 28.1 Å². The lowest BCUT2D eigenvalue weighted by Crippen LogP contribution is -2.52. The summed E-state index contributed by atoms with van der Waals surface area (Å²) in [5.41, 5.74) is 7.32. The second kappa shape index (κ2) is 7.75. The molecule has 0 aliphatic carbocycles. The van der Waals surface area contributed by atoms with E-state index in [9.17, 15) is 4.79 Å². The van der Waals surface area contributed by atoms with Crippen LogP contribution in [0.3, 0.4) is 0 Å². The molecule has 2 aliphatic heterocycles. The molecule has 0 radical (unpaired) electrons. The Morgan fingerprint density at radius 3 is 2.83 bits per heavy atom. The van der Waals surface area contributed by atoms with Crippen molar-refractivity contribution in [3.63, 3.8) is 0 Å². The molecule has 0 saturated carbocycles. The third-order valence-corrected chi connectivity index (χ3v) is 5.15. The van der Waals surface area contributed by atoms with Crippen molar-refractivity contribution in [3.05, 3.63) is 34.3 Å². The Kier molecular flexibility index (Phi) is 5.69. The summed E-state index contributed by atoms with van der Waals surface area (Å²) in [6.45, 7) is 3.13. The summed E-state index contributed by atoms with van der Waals surface area (Å²) >= 11 is 3.48. The van der Waals surface area contributed by atoms with E-state index in [2.05, 4.69) is 15.9 Å². The Morgan fingerprint density at radius 2 is 2.09 bits per heavy atom. The molecule has 2 N–H and O–H groups in total. The summed E-state index contributed by atoms with van der Waals surface area (Å²) in [5, 5.41) is 0. The number of nitrogens with two attached hydrogens (primary N) is 1. The molecule has 2 fully saturated rings. The van der Waals surface area contributed by atoms with Gasteiger partial charge in [0.2, 0.25) is 5.91 Å². The molecule has 6 heteroatoms. The first kappa shape index (κ1) is 16.9. The van der Waals surface area contributed by atoms with E-state index in [0.29, 0.717) is 32.9 Å². The molecule has 1 aromatic carbocycles. The van der Waals surface area contributed by atoms with Crippen LogP contribution in [0.1, 0.15) is 24.5 Å². The molecule has 3 rings (SSSR count). The van der Waals surface area contributed by atoms with Gasteiger partial charge >= 0.3 is 0 Å². The van der Waals surface area contributed by atoms with Gasteiger partial charge in [-0.3, -0.25) is 4.79 Å². The molecule has 0 spiro atoms. The zero-order valence-electron chi connectivity index (χ0n) is 13.1. The van der Waals surface area contributed by atoms with Crippen molar-refractivity contribution < 1.29 is 14.3 Å². The second-order valence-corrected chi connectivity index (χ2v) is 7.09. The quantitative estimate of drug-likeness (QED) is 0.869. The second-order valence-electron chi connectivity index (χ2n) is 6.17. The van der Waals surface area contributed by atoms with Crippen LogP contribution in [0.4, 0.5) is 0 Å². The van der Waals surface area contributed by atoms with Crippen molar-refractivity contribution in [1.29, 1.82) is 0 Å². The van der Waals surface area contributed by atoms with Gasteiger partial charge in [-0.2, -0.15) is 0 Å². The monoisotopic (exact) mass is 382 g/mol. The molecule has 2 aliphatic rings. The van der Waals surface area contributed by atoms with Crippen molar-refractivity contribution in [2.45, 2.75) is 25.0 Å². The highest BCUT2D eigenvalue weighted by molar-refractivity contribution is 9.10. The fourth-order valence-corrected chi connectivity index (χ4v) is 3.66. The molecule has 1 amide bonds. The van der Waals surface area contributed by atoms with Crippen LogP contribution in [0.5, 0.6) is 0 Å². The minimum atomic E-state index is -0.430. The lowest BCUT2D eigenvalue weighted by molar-refractivity contribution is -0.142. The lowest BCUT2D eigenvalue weighted by Gasteiger charge is -2.36. The maximum Gasteiger partial charge on any atom is 0.239 e. The number of carbonyl (C=O) groups is 1. The first-order valence-electron chi connectivity index (χ1n) is 8.14. The van der Waals surface area contributed by atoms with Crippen molar-refractivity contribution >= 4 is 21.8 Å². The SMILES string of the molecule is NC(C(=O)N1CCOC(c2cccc(Br)c2)C1)C1CCOCC1. The minimum absolute atomic E-state index is 0.0418. The van der Waals surface area contributed by atoms with E-state index < -0.39 is 6.04 Å². The average molecular weight is 383 g/mol. The highest BCUT2D eigenvalue weighted by Gasteiger charge is 2.33. The Balaban J connectivity index is 1.64. The van der Waals surface area contributed by atoms with E-state index in [1.54, 1.807) is 0 Å². The van der Waals surface area contributed by atoms with E-state index >= 15 is 0 Å². The van der Waals surface area contributed by atoms with E-state index in [0.717, 1.165) is 22.9 Å². The third kappa shape index (κ3) is 4.12.